The van der Waals surface area contributed by atoms with Gasteiger partial charge in [-0.05, 0) is 25.1 Å². The smallest absolute Gasteiger partial charge is 0.340 e. The summed E-state index contributed by atoms with van der Waals surface area (Å²) in [7, 11) is 1.24. The van der Waals surface area contributed by atoms with Crippen molar-refractivity contribution >= 4 is 29.2 Å². The minimum absolute atomic E-state index is 0.0201. The molecule has 0 unspecified atom stereocenters. The summed E-state index contributed by atoms with van der Waals surface area (Å²) in [5, 5.41) is 9.19. The molecule has 0 aliphatic heterocycles. The van der Waals surface area contributed by atoms with Gasteiger partial charge in [0.05, 0.1) is 18.4 Å². The largest absolute Gasteiger partial charge is 0.465 e. The van der Waals surface area contributed by atoms with Crippen LogP contribution < -0.4 is 5.32 Å². The van der Waals surface area contributed by atoms with Crippen molar-refractivity contribution < 1.29 is 14.3 Å². The maximum absolute atomic E-state index is 11.9. The molecule has 0 aliphatic rings. The van der Waals surface area contributed by atoms with Crippen LogP contribution in [0.3, 0.4) is 0 Å². The predicted octanol–water partition coefficient (Wildman–Crippen LogP) is 1.81. The van der Waals surface area contributed by atoms with Crippen molar-refractivity contribution in [2.75, 3.05) is 12.4 Å². The van der Waals surface area contributed by atoms with Crippen molar-refractivity contribution in [3.05, 3.63) is 40.4 Å². The highest BCUT2D eigenvalue weighted by Gasteiger charge is 2.17. The summed E-state index contributed by atoms with van der Waals surface area (Å²) in [5.74, 6) is -0.650. The van der Waals surface area contributed by atoms with E-state index in [4.69, 9.17) is 11.6 Å². The Morgan fingerprint density at radius 2 is 2.15 bits per heavy atom. The van der Waals surface area contributed by atoms with E-state index in [1.54, 1.807) is 13.0 Å². The number of esters is 1. The summed E-state index contributed by atoms with van der Waals surface area (Å²) in [6.45, 7) is 1.67. The number of hydrogen-bond acceptors (Lipinski definition) is 5. The zero-order valence-electron chi connectivity index (χ0n) is 10.7. The Balaban J connectivity index is 2.29. The number of H-pyrrole nitrogens is 1. The van der Waals surface area contributed by atoms with Crippen LogP contribution in [0.2, 0.25) is 5.02 Å². The molecule has 0 radical (unpaired) electrons. The van der Waals surface area contributed by atoms with E-state index in [1.807, 2.05) is 0 Å². The molecule has 8 heteroatoms. The number of hydrogen-bond donors (Lipinski definition) is 2. The average Bonchev–Trinajstić information content (AvgIpc) is 2.86. The third-order valence-corrected chi connectivity index (χ3v) is 2.67. The summed E-state index contributed by atoms with van der Waals surface area (Å²) in [5.41, 5.74) is 0.425. The van der Waals surface area contributed by atoms with Crippen LogP contribution in [0.15, 0.2) is 18.2 Å². The standard InChI is InChI=1S/C12H11ClN4O3/c1-6-14-10(17-16-6)11(18)15-9-4-3-7(13)5-8(9)12(19)20-2/h3-5H,1-2H3,(H,15,18)(H,14,16,17). The van der Waals surface area contributed by atoms with E-state index in [2.05, 4.69) is 25.2 Å². The van der Waals surface area contributed by atoms with Gasteiger partial charge < -0.3 is 10.1 Å². The van der Waals surface area contributed by atoms with Crippen molar-refractivity contribution in [3.8, 4) is 0 Å². The van der Waals surface area contributed by atoms with Gasteiger partial charge in [0.2, 0.25) is 5.82 Å². The lowest BCUT2D eigenvalue weighted by molar-refractivity contribution is 0.0602. The van der Waals surface area contributed by atoms with Crippen LogP contribution >= 0.6 is 11.6 Å². The Morgan fingerprint density at radius 3 is 2.75 bits per heavy atom. The number of benzene rings is 1. The number of aryl methyl sites for hydroxylation is 1. The van der Waals surface area contributed by atoms with Gasteiger partial charge in [0, 0.05) is 5.02 Å². The van der Waals surface area contributed by atoms with Gasteiger partial charge >= 0.3 is 5.97 Å². The minimum atomic E-state index is -0.603. The SMILES string of the molecule is COC(=O)c1cc(Cl)ccc1NC(=O)c1n[nH]c(C)n1. The molecule has 0 saturated heterocycles. The summed E-state index contributed by atoms with van der Waals surface area (Å²) >= 11 is 5.82. The Kier molecular flexibility index (Phi) is 3.99. The number of carbonyl (C=O) groups is 2. The quantitative estimate of drug-likeness (QED) is 0.841. The maximum Gasteiger partial charge on any atom is 0.340 e. The van der Waals surface area contributed by atoms with Crippen LogP contribution in [0, 0.1) is 6.92 Å². The Bertz CT molecular complexity index is 668. The third kappa shape index (κ3) is 2.94. The number of methoxy groups -OCH3 is 1. The second-order valence-corrected chi connectivity index (χ2v) is 4.32. The maximum atomic E-state index is 11.9. The Labute approximate surface area is 119 Å². The van der Waals surface area contributed by atoms with Crippen molar-refractivity contribution in [1.29, 1.82) is 0 Å². The van der Waals surface area contributed by atoms with Gasteiger partial charge in [-0.25, -0.2) is 9.78 Å². The summed E-state index contributed by atoms with van der Waals surface area (Å²) < 4.78 is 4.64. The molecule has 1 amide bonds. The normalized spacial score (nSPS) is 10.2. The number of aromatic amines is 1. The third-order valence-electron chi connectivity index (χ3n) is 2.44. The van der Waals surface area contributed by atoms with E-state index in [0.29, 0.717) is 10.8 Å². The topological polar surface area (TPSA) is 97.0 Å². The Hall–Kier alpha value is -2.41. The minimum Gasteiger partial charge on any atom is -0.465 e. The molecule has 1 aromatic heterocycles. The van der Waals surface area contributed by atoms with Gasteiger partial charge in [-0.3, -0.25) is 9.89 Å². The number of carbonyl (C=O) groups excluding carboxylic acids is 2. The molecule has 0 fully saturated rings. The highest BCUT2D eigenvalue weighted by molar-refractivity contribution is 6.31. The van der Waals surface area contributed by atoms with E-state index in [-0.39, 0.29) is 17.1 Å². The fourth-order valence-electron chi connectivity index (χ4n) is 1.53. The second kappa shape index (κ2) is 5.70. The molecular formula is C12H11ClN4O3. The number of nitrogens with zero attached hydrogens (tertiary/aromatic N) is 2. The van der Waals surface area contributed by atoms with Gasteiger partial charge in [-0.15, -0.1) is 5.10 Å². The van der Waals surface area contributed by atoms with Crippen LogP contribution in [-0.4, -0.2) is 34.2 Å². The Morgan fingerprint density at radius 1 is 1.40 bits per heavy atom. The fraction of sp³-hybridized carbons (Fsp3) is 0.167. The molecule has 2 rings (SSSR count). The molecule has 1 aromatic carbocycles. The molecule has 0 atom stereocenters. The highest BCUT2D eigenvalue weighted by Crippen LogP contribution is 2.21. The molecule has 0 saturated carbocycles. The molecule has 7 nitrogen and oxygen atoms in total. The lowest BCUT2D eigenvalue weighted by Gasteiger charge is -2.08. The van der Waals surface area contributed by atoms with E-state index in [0.717, 1.165) is 0 Å². The van der Waals surface area contributed by atoms with Gasteiger partial charge in [0.25, 0.3) is 5.91 Å². The first kappa shape index (κ1) is 14.0. The molecule has 0 bridgehead atoms. The molecule has 0 spiro atoms. The first-order valence-electron chi connectivity index (χ1n) is 5.59. The highest BCUT2D eigenvalue weighted by atomic mass is 35.5. The molecule has 1 heterocycles. The number of halogens is 1. The van der Waals surface area contributed by atoms with E-state index in [1.165, 1.54) is 19.2 Å². The first-order valence-corrected chi connectivity index (χ1v) is 5.97. The lowest BCUT2D eigenvalue weighted by Crippen LogP contribution is -2.16. The number of anilines is 1. The first-order chi connectivity index (χ1) is 9.51. The van der Waals surface area contributed by atoms with Crippen molar-refractivity contribution in [2.24, 2.45) is 0 Å². The zero-order chi connectivity index (χ0) is 14.7. The molecular weight excluding hydrogens is 284 g/mol. The molecule has 104 valence electrons. The molecule has 0 aliphatic carbocycles. The van der Waals surface area contributed by atoms with Gasteiger partial charge in [-0.1, -0.05) is 11.6 Å². The summed E-state index contributed by atoms with van der Waals surface area (Å²) in [4.78, 5) is 27.5. The van der Waals surface area contributed by atoms with Crippen molar-refractivity contribution in [3.63, 3.8) is 0 Å². The monoisotopic (exact) mass is 294 g/mol. The van der Waals surface area contributed by atoms with Gasteiger partial charge in [0.15, 0.2) is 0 Å². The lowest BCUT2D eigenvalue weighted by atomic mass is 10.1. The van der Waals surface area contributed by atoms with E-state index < -0.39 is 11.9 Å². The number of rotatable bonds is 3. The van der Waals surface area contributed by atoms with E-state index in [9.17, 15) is 9.59 Å². The molecule has 2 N–H and O–H groups in total. The number of nitrogens with one attached hydrogen (secondary N) is 2. The zero-order valence-corrected chi connectivity index (χ0v) is 11.5. The van der Waals surface area contributed by atoms with Crippen molar-refractivity contribution in [1.82, 2.24) is 15.2 Å². The number of amides is 1. The van der Waals surface area contributed by atoms with Crippen LogP contribution in [0.25, 0.3) is 0 Å². The van der Waals surface area contributed by atoms with Gasteiger partial charge in [0.1, 0.15) is 5.82 Å². The van der Waals surface area contributed by atoms with Crippen LogP contribution in [-0.2, 0) is 4.74 Å². The number of ether oxygens (including phenoxy) is 1. The average molecular weight is 295 g/mol. The molecule has 2 aromatic rings. The second-order valence-electron chi connectivity index (χ2n) is 3.88. The number of aromatic nitrogens is 3. The fourth-order valence-corrected chi connectivity index (χ4v) is 1.70. The van der Waals surface area contributed by atoms with Crippen molar-refractivity contribution in [2.45, 2.75) is 6.92 Å². The summed E-state index contributed by atoms with van der Waals surface area (Å²) in [6, 6.07) is 4.46. The predicted molar refractivity (Wildman–Crippen MR) is 71.9 cm³/mol. The molecule has 20 heavy (non-hydrogen) atoms. The van der Waals surface area contributed by atoms with Crippen LogP contribution in [0.1, 0.15) is 26.8 Å². The van der Waals surface area contributed by atoms with Crippen LogP contribution in [0.4, 0.5) is 5.69 Å². The van der Waals surface area contributed by atoms with Gasteiger partial charge in [-0.2, -0.15) is 0 Å². The van der Waals surface area contributed by atoms with Crippen LogP contribution in [0.5, 0.6) is 0 Å². The summed E-state index contributed by atoms with van der Waals surface area (Å²) in [6.07, 6.45) is 0. The van der Waals surface area contributed by atoms with E-state index >= 15 is 0 Å².